The highest BCUT2D eigenvalue weighted by Crippen LogP contribution is 2.26. The van der Waals surface area contributed by atoms with Crippen molar-refractivity contribution < 1.29 is 27.5 Å². The molecule has 0 aliphatic carbocycles. The number of benzene rings is 1. The number of halogens is 3. The predicted octanol–water partition coefficient (Wildman–Crippen LogP) is 1.82. The van der Waals surface area contributed by atoms with Gasteiger partial charge in [0.05, 0.1) is 7.11 Å². The largest absolute Gasteiger partial charge is 0.467 e. The lowest BCUT2D eigenvalue weighted by molar-refractivity contribution is -0.145. The third-order valence-electron chi connectivity index (χ3n) is 3.49. The van der Waals surface area contributed by atoms with Gasteiger partial charge in [0, 0.05) is 20.3 Å². The van der Waals surface area contributed by atoms with Crippen LogP contribution < -0.4 is 0 Å². The number of hydrogen-bond donors (Lipinski definition) is 0. The van der Waals surface area contributed by atoms with Gasteiger partial charge in [0.25, 0.3) is 5.91 Å². The lowest BCUT2D eigenvalue weighted by Gasteiger charge is -2.26. The van der Waals surface area contributed by atoms with E-state index in [0.717, 1.165) is 12.0 Å². The summed E-state index contributed by atoms with van der Waals surface area (Å²) in [4.78, 5) is 25.5. The summed E-state index contributed by atoms with van der Waals surface area (Å²) >= 11 is 0. The molecule has 0 radical (unpaired) electrons. The molecule has 0 bridgehead atoms. The predicted molar refractivity (Wildman–Crippen MR) is 76.4 cm³/mol. The van der Waals surface area contributed by atoms with Crippen LogP contribution in [0.4, 0.5) is 13.2 Å². The first kappa shape index (κ1) is 17.5. The molecule has 0 fully saturated rings. The van der Waals surface area contributed by atoms with Gasteiger partial charge >= 0.3 is 5.97 Å². The molecular weight excluding hydrogens is 327 g/mol. The Bertz CT molecular complexity index is 768. The Kier molecular flexibility index (Phi) is 4.91. The lowest BCUT2D eigenvalue weighted by Crippen LogP contribution is -2.37. The molecule has 1 aromatic carbocycles. The number of nitrogens with zero attached hydrogens (tertiary/aromatic N) is 3. The average Bonchev–Trinajstić information content (AvgIpc) is 2.97. The minimum absolute atomic E-state index is 0.148. The van der Waals surface area contributed by atoms with Gasteiger partial charge in [-0.3, -0.25) is 9.48 Å². The minimum Gasteiger partial charge on any atom is -0.467 e. The zero-order valence-corrected chi connectivity index (χ0v) is 13.1. The molecule has 6 nitrogen and oxygen atoms in total. The topological polar surface area (TPSA) is 64.4 Å². The zero-order valence-electron chi connectivity index (χ0n) is 13.1. The number of esters is 1. The highest BCUT2D eigenvalue weighted by Gasteiger charge is 2.32. The Balaban J connectivity index is 2.48. The van der Waals surface area contributed by atoms with Crippen molar-refractivity contribution in [2.75, 3.05) is 14.2 Å². The molecule has 0 saturated carbocycles. The second-order valence-electron chi connectivity index (χ2n) is 4.98. The Morgan fingerprint density at radius 1 is 1.25 bits per heavy atom. The molecule has 1 aromatic heterocycles. The van der Waals surface area contributed by atoms with Gasteiger partial charge in [-0.15, -0.1) is 0 Å². The van der Waals surface area contributed by atoms with Crippen molar-refractivity contribution >= 4 is 11.9 Å². The maximum Gasteiger partial charge on any atom is 0.333 e. The molecule has 2 rings (SSSR count). The van der Waals surface area contributed by atoms with Crippen LogP contribution in [0, 0.1) is 17.5 Å². The van der Waals surface area contributed by atoms with E-state index in [2.05, 4.69) is 9.84 Å². The van der Waals surface area contributed by atoms with Gasteiger partial charge in [0.1, 0.15) is 5.69 Å². The van der Waals surface area contributed by atoms with Crippen molar-refractivity contribution in [3.05, 3.63) is 53.1 Å². The van der Waals surface area contributed by atoms with Crippen LogP contribution in [0.2, 0.25) is 0 Å². The highest BCUT2D eigenvalue weighted by molar-refractivity contribution is 5.95. The number of ether oxygens (including phenoxy) is 1. The van der Waals surface area contributed by atoms with Gasteiger partial charge in [-0.05, 0) is 23.8 Å². The van der Waals surface area contributed by atoms with Crippen LogP contribution in [0.15, 0.2) is 24.4 Å². The molecule has 0 unspecified atom stereocenters. The second kappa shape index (κ2) is 6.73. The van der Waals surface area contributed by atoms with E-state index in [4.69, 9.17) is 0 Å². The van der Waals surface area contributed by atoms with E-state index in [-0.39, 0.29) is 11.3 Å². The first-order chi connectivity index (χ1) is 11.3. The fourth-order valence-corrected chi connectivity index (χ4v) is 2.24. The Morgan fingerprint density at radius 3 is 2.29 bits per heavy atom. The van der Waals surface area contributed by atoms with E-state index in [1.165, 1.54) is 31.0 Å². The fraction of sp³-hybridized carbons (Fsp3) is 0.267. The Morgan fingerprint density at radius 2 is 1.83 bits per heavy atom. The van der Waals surface area contributed by atoms with Crippen LogP contribution >= 0.6 is 0 Å². The van der Waals surface area contributed by atoms with Crippen molar-refractivity contribution in [2.24, 2.45) is 7.05 Å². The quantitative estimate of drug-likeness (QED) is 0.629. The zero-order chi connectivity index (χ0) is 18.0. The summed E-state index contributed by atoms with van der Waals surface area (Å²) in [5, 5.41) is 3.84. The van der Waals surface area contributed by atoms with Crippen molar-refractivity contribution in [3.63, 3.8) is 0 Å². The van der Waals surface area contributed by atoms with Gasteiger partial charge in [-0.2, -0.15) is 5.10 Å². The standard InChI is InChI=1S/C15H14F3N3O3/c1-20(14(22)11-4-5-19-21(11)2)13(15(23)24-3)8-6-9(16)12(18)10(17)7-8/h4-7,13H,1-3H3/t13-/m0/s1. The molecule has 128 valence electrons. The Hall–Kier alpha value is -2.84. The number of carbonyl (C=O) groups excluding carboxylic acids is 2. The molecule has 0 aliphatic heterocycles. The summed E-state index contributed by atoms with van der Waals surface area (Å²) in [5.41, 5.74) is -0.106. The SMILES string of the molecule is COC(=O)[C@H](c1cc(F)c(F)c(F)c1)N(C)C(=O)c1ccnn1C. The van der Waals surface area contributed by atoms with Crippen molar-refractivity contribution in [1.82, 2.24) is 14.7 Å². The average molecular weight is 341 g/mol. The summed E-state index contributed by atoms with van der Waals surface area (Å²) in [6, 6.07) is 1.25. The molecule has 1 heterocycles. The Labute approximate surface area is 135 Å². The molecule has 1 atom stereocenters. The number of amides is 1. The molecule has 9 heteroatoms. The molecule has 0 spiro atoms. The van der Waals surface area contributed by atoms with Gasteiger partial charge < -0.3 is 9.64 Å². The fourth-order valence-electron chi connectivity index (χ4n) is 2.24. The summed E-state index contributed by atoms with van der Waals surface area (Å²) in [5.74, 6) is -6.17. The van der Waals surface area contributed by atoms with E-state index in [9.17, 15) is 22.8 Å². The van der Waals surface area contributed by atoms with Crippen LogP contribution in [-0.4, -0.2) is 40.7 Å². The number of rotatable bonds is 4. The number of aromatic nitrogens is 2. The van der Waals surface area contributed by atoms with Gasteiger partial charge in [0.2, 0.25) is 0 Å². The van der Waals surface area contributed by atoms with Crippen LogP contribution in [0.3, 0.4) is 0 Å². The van der Waals surface area contributed by atoms with E-state index in [1.807, 2.05) is 0 Å². The normalized spacial score (nSPS) is 11.9. The molecule has 0 saturated heterocycles. The van der Waals surface area contributed by atoms with Gasteiger partial charge in [0.15, 0.2) is 23.5 Å². The molecule has 0 aliphatic rings. The van der Waals surface area contributed by atoms with E-state index >= 15 is 0 Å². The summed E-state index contributed by atoms with van der Waals surface area (Å²) in [6.45, 7) is 0. The van der Waals surface area contributed by atoms with Crippen LogP contribution in [0.1, 0.15) is 22.1 Å². The van der Waals surface area contributed by atoms with Crippen molar-refractivity contribution in [3.8, 4) is 0 Å². The van der Waals surface area contributed by atoms with Gasteiger partial charge in [-0.1, -0.05) is 0 Å². The first-order valence-electron chi connectivity index (χ1n) is 6.75. The number of aryl methyl sites for hydroxylation is 1. The molecular formula is C15H14F3N3O3. The van der Waals surface area contributed by atoms with Crippen molar-refractivity contribution in [2.45, 2.75) is 6.04 Å². The maximum atomic E-state index is 13.5. The molecule has 2 aromatic rings. The van der Waals surface area contributed by atoms with E-state index in [0.29, 0.717) is 12.1 Å². The molecule has 0 N–H and O–H groups in total. The lowest BCUT2D eigenvalue weighted by atomic mass is 10.0. The number of methoxy groups -OCH3 is 1. The second-order valence-corrected chi connectivity index (χ2v) is 4.98. The maximum absolute atomic E-state index is 13.5. The minimum atomic E-state index is -1.66. The molecule has 24 heavy (non-hydrogen) atoms. The summed E-state index contributed by atoms with van der Waals surface area (Å²) in [6.07, 6.45) is 1.38. The van der Waals surface area contributed by atoms with E-state index < -0.39 is 35.4 Å². The smallest absolute Gasteiger partial charge is 0.333 e. The number of likely N-dealkylation sites (N-methyl/N-ethyl adjacent to an activating group) is 1. The monoisotopic (exact) mass is 341 g/mol. The third kappa shape index (κ3) is 3.10. The summed E-state index contributed by atoms with van der Waals surface area (Å²) in [7, 11) is 3.84. The van der Waals surface area contributed by atoms with Crippen LogP contribution in [0.25, 0.3) is 0 Å². The van der Waals surface area contributed by atoms with E-state index in [1.54, 1.807) is 0 Å². The van der Waals surface area contributed by atoms with Gasteiger partial charge in [-0.25, -0.2) is 18.0 Å². The summed E-state index contributed by atoms with van der Waals surface area (Å²) < 4.78 is 46.0. The van der Waals surface area contributed by atoms with Crippen molar-refractivity contribution in [1.29, 1.82) is 0 Å². The highest BCUT2D eigenvalue weighted by atomic mass is 19.2. The van der Waals surface area contributed by atoms with Crippen LogP contribution in [-0.2, 0) is 16.6 Å². The third-order valence-corrected chi connectivity index (χ3v) is 3.49. The molecule has 1 amide bonds. The first-order valence-corrected chi connectivity index (χ1v) is 6.75. The van der Waals surface area contributed by atoms with Crippen LogP contribution in [0.5, 0.6) is 0 Å². The number of hydrogen-bond acceptors (Lipinski definition) is 4. The number of carbonyl (C=O) groups is 2.